The standard InChI is InChI=1S/C19H22N2O3/c1-15-7-8-18(20-11-15)24-17-9-10-21(12-17)19(22)14-23-13-16-5-3-2-4-6-16/h2-8,11,17H,9-10,12-14H2,1H3. The molecule has 1 aromatic carbocycles. The first-order valence-corrected chi connectivity index (χ1v) is 8.19. The van der Waals surface area contributed by atoms with Crippen molar-refractivity contribution in [3.05, 3.63) is 59.8 Å². The van der Waals surface area contributed by atoms with Crippen LogP contribution in [0.4, 0.5) is 0 Å². The molecule has 1 aliphatic rings. The molecule has 3 rings (SSSR count). The third kappa shape index (κ3) is 4.55. The van der Waals surface area contributed by atoms with Gasteiger partial charge in [0, 0.05) is 25.2 Å². The summed E-state index contributed by atoms with van der Waals surface area (Å²) in [4.78, 5) is 18.2. The summed E-state index contributed by atoms with van der Waals surface area (Å²) >= 11 is 0. The smallest absolute Gasteiger partial charge is 0.248 e. The van der Waals surface area contributed by atoms with E-state index in [0.29, 0.717) is 25.6 Å². The van der Waals surface area contributed by atoms with Crippen LogP contribution in [0.5, 0.6) is 5.88 Å². The molecule has 126 valence electrons. The van der Waals surface area contributed by atoms with Crippen molar-refractivity contribution < 1.29 is 14.3 Å². The molecule has 1 unspecified atom stereocenters. The maximum atomic E-state index is 12.2. The third-order valence-corrected chi connectivity index (χ3v) is 4.01. The molecule has 24 heavy (non-hydrogen) atoms. The number of aryl methyl sites for hydroxylation is 1. The van der Waals surface area contributed by atoms with Crippen molar-refractivity contribution in [2.45, 2.75) is 26.1 Å². The highest BCUT2D eigenvalue weighted by Crippen LogP contribution is 2.17. The van der Waals surface area contributed by atoms with Crippen LogP contribution in [-0.2, 0) is 16.1 Å². The van der Waals surface area contributed by atoms with Gasteiger partial charge in [-0.15, -0.1) is 0 Å². The summed E-state index contributed by atoms with van der Waals surface area (Å²) in [7, 11) is 0. The van der Waals surface area contributed by atoms with E-state index < -0.39 is 0 Å². The minimum Gasteiger partial charge on any atom is -0.472 e. The summed E-state index contributed by atoms with van der Waals surface area (Å²) in [5.74, 6) is 0.620. The molecule has 0 radical (unpaired) electrons. The molecule has 1 aromatic heterocycles. The van der Waals surface area contributed by atoms with Crippen LogP contribution in [0.1, 0.15) is 17.5 Å². The molecule has 0 bridgehead atoms. The van der Waals surface area contributed by atoms with Gasteiger partial charge in [-0.2, -0.15) is 0 Å². The molecule has 1 saturated heterocycles. The summed E-state index contributed by atoms with van der Waals surface area (Å²) < 4.78 is 11.4. The number of amides is 1. The van der Waals surface area contributed by atoms with E-state index in [1.165, 1.54) is 0 Å². The van der Waals surface area contributed by atoms with Crippen molar-refractivity contribution in [2.75, 3.05) is 19.7 Å². The molecule has 5 nitrogen and oxygen atoms in total. The molecule has 1 aliphatic heterocycles. The fourth-order valence-electron chi connectivity index (χ4n) is 2.67. The molecule has 1 fully saturated rings. The van der Waals surface area contributed by atoms with Gasteiger partial charge in [0.15, 0.2) is 0 Å². The van der Waals surface area contributed by atoms with Gasteiger partial charge in [0.05, 0.1) is 13.2 Å². The second-order valence-corrected chi connectivity index (χ2v) is 6.02. The molecular weight excluding hydrogens is 304 g/mol. The number of pyridine rings is 1. The quantitative estimate of drug-likeness (QED) is 0.819. The van der Waals surface area contributed by atoms with Crippen LogP contribution < -0.4 is 4.74 Å². The number of likely N-dealkylation sites (tertiary alicyclic amines) is 1. The van der Waals surface area contributed by atoms with E-state index in [1.54, 1.807) is 11.1 Å². The molecule has 0 aliphatic carbocycles. The number of carbonyl (C=O) groups is 1. The van der Waals surface area contributed by atoms with Crippen molar-refractivity contribution in [1.82, 2.24) is 9.88 Å². The molecule has 2 aromatic rings. The fourth-order valence-corrected chi connectivity index (χ4v) is 2.67. The van der Waals surface area contributed by atoms with Gasteiger partial charge >= 0.3 is 0 Å². The SMILES string of the molecule is Cc1ccc(OC2CCN(C(=O)COCc3ccccc3)C2)nc1. The number of rotatable bonds is 6. The number of hydrogen-bond acceptors (Lipinski definition) is 4. The van der Waals surface area contributed by atoms with Crippen LogP contribution in [-0.4, -0.2) is 41.6 Å². The van der Waals surface area contributed by atoms with Gasteiger partial charge in [-0.05, 0) is 18.1 Å². The first kappa shape index (κ1) is 16.5. The second-order valence-electron chi connectivity index (χ2n) is 6.02. The maximum Gasteiger partial charge on any atom is 0.248 e. The van der Waals surface area contributed by atoms with E-state index in [0.717, 1.165) is 17.5 Å². The Morgan fingerprint density at radius 2 is 2.08 bits per heavy atom. The number of nitrogens with zero attached hydrogens (tertiary/aromatic N) is 2. The highest BCUT2D eigenvalue weighted by molar-refractivity contribution is 5.77. The predicted octanol–water partition coefficient (Wildman–Crippen LogP) is 2.59. The Morgan fingerprint density at radius 1 is 1.25 bits per heavy atom. The molecule has 2 heterocycles. The van der Waals surface area contributed by atoms with Gasteiger partial charge in [-0.25, -0.2) is 4.98 Å². The van der Waals surface area contributed by atoms with Gasteiger partial charge in [-0.3, -0.25) is 4.79 Å². The minimum atomic E-state index is -0.00159. The van der Waals surface area contributed by atoms with Crippen LogP contribution in [0.3, 0.4) is 0 Å². The van der Waals surface area contributed by atoms with Crippen LogP contribution in [0.25, 0.3) is 0 Å². The van der Waals surface area contributed by atoms with Crippen molar-refractivity contribution in [2.24, 2.45) is 0 Å². The molecule has 0 N–H and O–H groups in total. The monoisotopic (exact) mass is 326 g/mol. The lowest BCUT2D eigenvalue weighted by Gasteiger charge is -2.17. The number of ether oxygens (including phenoxy) is 2. The lowest BCUT2D eigenvalue weighted by atomic mass is 10.2. The van der Waals surface area contributed by atoms with E-state index in [2.05, 4.69) is 4.98 Å². The maximum absolute atomic E-state index is 12.2. The number of hydrogen-bond donors (Lipinski definition) is 0. The summed E-state index contributed by atoms with van der Waals surface area (Å²) in [6.07, 6.45) is 2.60. The van der Waals surface area contributed by atoms with Crippen LogP contribution in [0.15, 0.2) is 48.7 Å². The van der Waals surface area contributed by atoms with Gasteiger partial charge in [0.25, 0.3) is 0 Å². The number of aromatic nitrogens is 1. The van der Waals surface area contributed by atoms with Gasteiger partial charge in [0.2, 0.25) is 11.8 Å². The molecule has 0 spiro atoms. The van der Waals surface area contributed by atoms with Gasteiger partial charge < -0.3 is 14.4 Å². The van der Waals surface area contributed by atoms with E-state index in [9.17, 15) is 4.79 Å². The summed E-state index contributed by atoms with van der Waals surface area (Å²) in [5, 5.41) is 0. The first-order chi connectivity index (χ1) is 11.7. The third-order valence-electron chi connectivity index (χ3n) is 4.01. The van der Waals surface area contributed by atoms with Crippen molar-refractivity contribution in [1.29, 1.82) is 0 Å². The van der Waals surface area contributed by atoms with Crippen molar-refractivity contribution >= 4 is 5.91 Å². The van der Waals surface area contributed by atoms with Gasteiger partial charge in [-0.1, -0.05) is 36.4 Å². The summed E-state index contributed by atoms with van der Waals surface area (Å²) in [6, 6.07) is 13.7. The Balaban J connectivity index is 1.41. The normalized spacial score (nSPS) is 17.0. The van der Waals surface area contributed by atoms with E-state index in [-0.39, 0.29) is 18.6 Å². The molecular formula is C19H22N2O3. The largest absolute Gasteiger partial charge is 0.472 e. The summed E-state index contributed by atoms with van der Waals surface area (Å²) in [5.41, 5.74) is 2.17. The van der Waals surface area contributed by atoms with E-state index in [1.807, 2.05) is 49.4 Å². The fraction of sp³-hybridized carbons (Fsp3) is 0.368. The zero-order chi connectivity index (χ0) is 16.8. The highest BCUT2D eigenvalue weighted by Gasteiger charge is 2.27. The number of carbonyl (C=O) groups excluding carboxylic acids is 1. The van der Waals surface area contributed by atoms with Crippen LogP contribution in [0, 0.1) is 6.92 Å². The average molecular weight is 326 g/mol. The van der Waals surface area contributed by atoms with Crippen LogP contribution in [0.2, 0.25) is 0 Å². The lowest BCUT2D eigenvalue weighted by Crippen LogP contribution is -2.33. The summed E-state index contributed by atoms with van der Waals surface area (Å²) in [6.45, 7) is 3.83. The Labute approximate surface area is 142 Å². The van der Waals surface area contributed by atoms with Crippen molar-refractivity contribution in [3.8, 4) is 5.88 Å². The average Bonchev–Trinajstić information content (AvgIpc) is 3.06. The zero-order valence-electron chi connectivity index (χ0n) is 13.9. The first-order valence-electron chi connectivity index (χ1n) is 8.19. The molecule has 5 heteroatoms. The molecule has 1 amide bonds. The lowest BCUT2D eigenvalue weighted by molar-refractivity contribution is -0.135. The van der Waals surface area contributed by atoms with E-state index in [4.69, 9.17) is 9.47 Å². The van der Waals surface area contributed by atoms with Crippen LogP contribution >= 0.6 is 0 Å². The Kier molecular flexibility index (Phi) is 5.43. The zero-order valence-corrected chi connectivity index (χ0v) is 13.9. The number of benzene rings is 1. The van der Waals surface area contributed by atoms with E-state index >= 15 is 0 Å². The minimum absolute atomic E-state index is 0.00159. The van der Waals surface area contributed by atoms with Crippen molar-refractivity contribution in [3.63, 3.8) is 0 Å². The molecule has 1 atom stereocenters. The molecule has 0 saturated carbocycles. The Bertz CT molecular complexity index is 658. The Morgan fingerprint density at radius 3 is 2.83 bits per heavy atom. The highest BCUT2D eigenvalue weighted by atomic mass is 16.5. The second kappa shape index (κ2) is 7.93. The Hall–Kier alpha value is -2.40. The predicted molar refractivity (Wildman–Crippen MR) is 90.7 cm³/mol. The topological polar surface area (TPSA) is 51.7 Å². The van der Waals surface area contributed by atoms with Gasteiger partial charge in [0.1, 0.15) is 12.7 Å².